The van der Waals surface area contributed by atoms with E-state index in [0.717, 1.165) is 19.3 Å². The van der Waals surface area contributed by atoms with Crippen molar-refractivity contribution in [1.29, 1.82) is 0 Å². The molecule has 0 spiro atoms. The lowest BCUT2D eigenvalue weighted by atomic mass is 10.0. The summed E-state index contributed by atoms with van der Waals surface area (Å²) in [6.07, 6.45) is 4.93. The zero-order valence-electron chi connectivity index (χ0n) is 8.88. The lowest BCUT2D eigenvalue weighted by molar-refractivity contribution is -0.148. The monoisotopic (exact) mass is 184 g/mol. The largest absolute Gasteiger partial charge is 0.462 e. The van der Waals surface area contributed by atoms with Crippen LogP contribution in [-0.2, 0) is 9.53 Å². The van der Waals surface area contributed by atoms with Crippen molar-refractivity contribution in [3.8, 4) is 0 Å². The van der Waals surface area contributed by atoms with E-state index in [1.807, 2.05) is 6.08 Å². The normalized spacial score (nSPS) is 12.6. The maximum absolute atomic E-state index is 10.7. The quantitative estimate of drug-likeness (QED) is 0.360. The minimum Gasteiger partial charge on any atom is -0.462 e. The third-order valence-electron chi connectivity index (χ3n) is 1.96. The SMILES string of the molecule is C=CCCCC(OC(C)=O)C(C)C. The van der Waals surface area contributed by atoms with Gasteiger partial charge in [-0.3, -0.25) is 4.79 Å². The molecular formula is C11H20O2. The highest BCUT2D eigenvalue weighted by molar-refractivity contribution is 5.66. The van der Waals surface area contributed by atoms with Gasteiger partial charge in [0.25, 0.3) is 0 Å². The first kappa shape index (κ1) is 12.2. The molecule has 0 bridgehead atoms. The molecule has 13 heavy (non-hydrogen) atoms. The van der Waals surface area contributed by atoms with E-state index in [1.54, 1.807) is 0 Å². The van der Waals surface area contributed by atoms with E-state index < -0.39 is 0 Å². The highest BCUT2D eigenvalue weighted by Gasteiger charge is 2.15. The van der Waals surface area contributed by atoms with E-state index >= 15 is 0 Å². The summed E-state index contributed by atoms with van der Waals surface area (Å²) in [5.41, 5.74) is 0. The van der Waals surface area contributed by atoms with Gasteiger partial charge in [0.1, 0.15) is 6.10 Å². The molecule has 1 unspecified atom stereocenters. The third-order valence-corrected chi connectivity index (χ3v) is 1.96. The molecule has 0 rings (SSSR count). The minimum absolute atomic E-state index is 0.0671. The van der Waals surface area contributed by atoms with Gasteiger partial charge in [-0.2, -0.15) is 0 Å². The molecule has 1 atom stereocenters. The number of allylic oxidation sites excluding steroid dienone is 1. The summed E-state index contributed by atoms with van der Waals surface area (Å²) in [6.45, 7) is 9.26. The van der Waals surface area contributed by atoms with E-state index in [9.17, 15) is 4.79 Å². The first-order valence-electron chi connectivity index (χ1n) is 4.86. The van der Waals surface area contributed by atoms with E-state index in [0.29, 0.717) is 5.92 Å². The van der Waals surface area contributed by atoms with Crippen molar-refractivity contribution in [2.24, 2.45) is 5.92 Å². The summed E-state index contributed by atoms with van der Waals surface area (Å²) in [5.74, 6) is 0.214. The molecule has 0 aliphatic rings. The van der Waals surface area contributed by atoms with Gasteiger partial charge in [0.15, 0.2) is 0 Å². The van der Waals surface area contributed by atoms with Crippen LogP contribution in [0.4, 0.5) is 0 Å². The molecule has 0 aromatic carbocycles. The van der Waals surface area contributed by atoms with E-state index in [4.69, 9.17) is 4.74 Å². The lowest BCUT2D eigenvalue weighted by Crippen LogP contribution is -2.22. The first-order chi connectivity index (χ1) is 6.07. The van der Waals surface area contributed by atoms with Crippen molar-refractivity contribution in [3.63, 3.8) is 0 Å². The van der Waals surface area contributed by atoms with Crippen molar-refractivity contribution >= 4 is 5.97 Å². The van der Waals surface area contributed by atoms with Gasteiger partial charge in [0, 0.05) is 6.92 Å². The Labute approximate surface area is 81.0 Å². The van der Waals surface area contributed by atoms with Gasteiger partial charge >= 0.3 is 5.97 Å². The Morgan fingerprint density at radius 3 is 2.54 bits per heavy atom. The summed E-state index contributed by atoms with van der Waals surface area (Å²) < 4.78 is 5.19. The Bertz CT molecular complexity index is 161. The number of hydrogen-bond acceptors (Lipinski definition) is 2. The summed E-state index contributed by atoms with van der Waals surface area (Å²) in [6, 6.07) is 0. The number of carbonyl (C=O) groups excluding carboxylic acids is 1. The molecule has 0 aliphatic heterocycles. The van der Waals surface area contributed by atoms with E-state index in [1.165, 1.54) is 6.92 Å². The molecule has 0 N–H and O–H groups in total. The second-order valence-electron chi connectivity index (χ2n) is 3.61. The average molecular weight is 184 g/mol. The lowest BCUT2D eigenvalue weighted by Gasteiger charge is -2.20. The van der Waals surface area contributed by atoms with Crippen molar-refractivity contribution in [1.82, 2.24) is 0 Å². The van der Waals surface area contributed by atoms with E-state index in [2.05, 4.69) is 20.4 Å². The van der Waals surface area contributed by atoms with Gasteiger partial charge < -0.3 is 4.74 Å². The van der Waals surface area contributed by atoms with Crippen LogP contribution in [0.2, 0.25) is 0 Å². The van der Waals surface area contributed by atoms with Gasteiger partial charge in [-0.25, -0.2) is 0 Å². The zero-order valence-corrected chi connectivity index (χ0v) is 8.88. The van der Waals surface area contributed by atoms with Gasteiger partial charge in [-0.15, -0.1) is 6.58 Å². The smallest absolute Gasteiger partial charge is 0.302 e. The Morgan fingerprint density at radius 2 is 2.15 bits per heavy atom. The number of rotatable bonds is 6. The third kappa shape index (κ3) is 6.38. The van der Waals surface area contributed by atoms with Gasteiger partial charge in [0.05, 0.1) is 0 Å². The van der Waals surface area contributed by atoms with Crippen LogP contribution in [-0.4, -0.2) is 12.1 Å². The van der Waals surface area contributed by atoms with Crippen molar-refractivity contribution in [3.05, 3.63) is 12.7 Å². The molecule has 0 fully saturated rings. The van der Waals surface area contributed by atoms with Crippen LogP contribution >= 0.6 is 0 Å². The van der Waals surface area contributed by atoms with Gasteiger partial charge in [-0.1, -0.05) is 19.9 Å². The summed E-state index contributed by atoms with van der Waals surface area (Å²) >= 11 is 0. The fourth-order valence-electron chi connectivity index (χ4n) is 1.20. The van der Waals surface area contributed by atoms with Crippen molar-refractivity contribution in [2.45, 2.75) is 46.1 Å². The highest BCUT2D eigenvalue weighted by atomic mass is 16.5. The number of carbonyl (C=O) groups is 1. The Balaban J connectivity index is 3.80. The topological polar surface area (TPSA) is 26.3 Å². The molecule has 76 valence electrons. The summed E-state index contributed by atoms with van der Waals surface area (Å²) in [4.78, 5) is 10.7. The predicted octanol–water partition coefficient (Wildman–Crippen LogP) is 2.93. The maximum Gasteiger partial charge on any atom is 0.302 e. The fourth-order valence-corrected chi connectivity index (χ4v) is 1.20. The van der Waals surface area contributed by atoms with Crippen molar-refractivity contribution in [2.75, 3.05) is 0 Å². The standard InChI is InChI=1S/C11H20O2/c1-5-6-7-8-11(9(2)3)13-10(4)12/h5,9,11H,1,6-8H2,2-4H3. The number of esters is 1. The molecular weight excluding hydrogens is 164 g/mol. The number of ether oxygens (including phenoxy) is 1. The molecule has 0 heterocycles. The zero-order chi connectivity index (χ0) is 10.3. The highest BCUT2D eigenvalue weighted by Crippen LogP contribution is 2.14. The van der Waals surface area contributed by atoms with Crippen LogP contribution in [0.15, 0.2) is 12.7 Å². The summed E-state index contributed by atoms with van der Waals surface area (Å²) in [5, 5.41) is 0. The van der Waals surface area contributed by atoms with Crippen LogP contribution in [0.5, 0.6) is 0 Å². The van der Waals surface area contributed by atoms with Crippen LogP contribution in [0.3, 0.4) is 0 Å². The van der Waals surface area contributed by atoms with Crippen LogP contribution in [0.25, 0.3) is 0 Å². The number of unbranched alkanes of at least 4 members (excludes halogenated alkanes) is 1. The molecule has 0 aromatic rings. The Morgan fingerprint density at radius 1 is 1.54 bits per heavy atom. The Hall–Kier alpha value is -0.790. The van der Waals surface area contributed by atoms with Crippen molar-refractivity contribution < 1.29 is 9.53 Å². The molecule has 2 nitrogen and oxygen atoms in total. The molecule has 0 aliphatic carbocycles. The molecule has 0 amide bonds. The molecule has 0 saturated carbocycles. The first-order valence-corrected chi connectivity index (χ1v) is 4.86. The van der Waals surface area contributed by atoms with Crippen LogP contribution in [0.1, 0.15) is 40.0 Å². The second-order valence-corrected chi connectivity index (χ2v) is 3.61. The minimum atomic E-state index is -0.183. The molecule has 2 heteroatoms. The molecule has 0 aromatic heterocycles. The van der Waals surface area contributed by atoms with Crippen LogP contribution in [0, 0.1) is 5.92 Å². The van der Waals surface area contributed by atoms with Gasteiger partial charge in [0.2, 0.25) is 0 Å². The average Bonchev–Trinajstić information content (AvgIpc) is 2.02. The molecule has 0 radical (unpaired) electrons. The second kappa shape index (κ2) is 6.70. The summed E-state index contributed by atoms with van der Waals surface area (Å²) in [7, 11) is 0. The fraction of sp³-hybridized carbons (Fsp3) is 0.727. The Kier molecular flexibility index (Phi) is 6.29. The van der Waals surface area contributed by atoms with Gasteiger partial charge in [-0.05, 0) is 25.2 Å². The molecule has 0 saturated heterocycles. The van der Waals surface area contributed by atoms with Crippen LogP contribution < -0.4 is 0 Å². The predicted molar refractivity (Wildman–Crippen MR) is 54.4 cm³/mol. The van der Waals surface area contributed by atoms with E-state index in [-0.39, 0.29) is 12.1 Å². The maximum atomic E-state index is 10.7. The number of hydrogen-bond donors (Lipinski definition) is 0.